The van der Waals surface area contributed by atoms with Crippen LogP contribution in [0.5, 0.6) is 0 Å². The molecule has 0 unspecified atom stereocenters. The van der Waals surface area contributed by atoms with Crippen molar-refractivity contribution in [1.29, 1.82) is 0 Å². The van der Waals surface area contributed by atoms with Crippen LogP contribution in [0.15, 0.2) is 14.3 Å². The molecule has 0 aromatic carbocycles. The zero-order chi connectivity index (χ0) is 10.1. The third kappa shape index (κ3) is 1.64. The predicted octanol–water partition coefficient (Wildman–Crippen LogP) is 0.990. The Kier molecular flexibility index (Phi) is 2.75. The number of nitrogens with zero attached hydrogens (tertiary/aromatic N) is 4. The van der Waals surface area contributed by atoms with Crippen molar-refractivity contribution in [1.82, 2.24) is 19.6 Å². The molecule has 0 spiro atoms. The number of rotatable bonds is 2. The minimum Gasteiger partial charge on any atom is -0.243 e. The maximum atomic E-state index is 11.4. The number of aromatic nitrogens is 4. The Hall–Kier alpha value is -0.600. The first-order chi connectivity index (χ1) is 6.74. The largest absolute Gasteiger partial charge is 0.373 e. The quantitative estimate of drug-likeness (QED) is 0.736. The summed E-state index contributed by atoms with van der Waals surface area (Å²) < 4.78 is 2.05. The second kappa shape index (κ2) is 3.87. The Morgan fingerprint density at radius 2 is 2.07 bits per heavy atom. The number of thioether (sulfide) groups is 2. The molecule has 5 nitrogen and oxygen atoms in total. The average Bonchev–Trinajstić information content (AvgIpc) is 2.61. The van der Waals surface area contributed by atoms with Gasteiger partial charge in [0.25, 0.3) is 0 Å². The normalized spacial score (nSPS) is 11.0. The van der Waals surface area contributed by atoms with Gasteiger partial charge in [-0.15, -0.1) is 9.61 Å². The van der Waals surface area contributed by atoms with Crippen LogP contribution in [0, 0.1) is 0 Å². The van der Waals surface area contributed by atoms with Gasteiger partial charge >= 0.3 is 5.69 Å². The molecule has 0 N–H and O–H groups in total. The Balaban J connectivity index is 2.73. The van der Waals surface area contributed by atoms with Crippen LogP contribution in [0.2, 0.25) is 0 Å². The lowest BCUT2D eigenvalue weighted by molar-refractivity contribution is 0.769. The molecule has 0 aliphatic heterocycles. The van der Waals surface area contributed by atoms with E-state index in [4.69, 9.17) is 0 Å². The molecule has 14 heavy (non-hydrogen) atoms. The zero-order valence-corrected chi connectivity index (χ0v) is 9.87. The fourth-order valence-electron chi connectivity index (χ4n) is 0.871. The number of hydrogen-bond acceptors (Lipinski definition) is 7. The molecule has 0 amide bonds. The standard InChI is InChI=1S/C6H6N4OS3/c1-12-3-7-4(11)10-5(8-3)14-6(9-10)13-2/h1-2H3. The second-order valence-corrected chi connectivity index (χ2v) is 5.04. The molecule has 0 saturated heterocycles. The van der Waals surface area contributed by atoms with Crippen molar-refractivity contribution < 1.29 is 0 Å². The lowest BCUT2D eigenvalue weighted by atomic mass is 11.0. The van der Waals surface area contributed by atoms with Crippen LogP contribution in [0.1, 0.15) is 0 Å². The van der Waals surface area contributed by atoms with Crippen LogP contribution in [-0.2, 0) is 0 Å². The molecule has 0 aliphatic rings. The van der Waals surface area contributed by atoms with Gasteiger partial charge in [-0.25, -0.2) is 4.79 Å². The van der Waals surface area contributed by atoms with E-state index in [0.29, 0.717) is 10.1 Å². The Bertz CT molecular complexity index is 519. The first-order valence-electron chi connectivity index (χ1n) is 3.60. The maximum Gasteiger partial charge on any atom is 0.373 e. The molecule has 2 aromatic rings. The monoisotopic (exact) mass is 246 g/mol. The molecule has 0 fully saturated rings. The molecule has 0 radical (unpaired) electrons. The summed E-state index contributed by atoms with van der Waals surface area (Å²) in [6.45, 7) is 0. The van der Waals surface area contributed by atoms with E-state index < -0.39 is 0 Å². The zero-order valence-electron chi connectivity index (χ0n) is 7.42. The van der Waals surface area contributed by atoms with Gasteiger partial charge in [-0.2, -0.15) is 9.97 Å². The lowest BCUT2D eigenvalue weighted by Crippen LogP contribution is -2.18. The number of hydrogen-bond donors (Lipinski definition) is 0. The minimum atomic E-state index is -0.365. The lowest BCUT2D eigenvalue weighted by Gasteiger charge is -1.91. The van der Waals surface area contributed by atoms with Gasteiger partial charge in [0.05, 0.1) is 0 Å². The molecule has 2 rings (SSSR count). The van der Waals surface area contributed by atoms with Gasteiger partial charge in [-0.1, -0.05) is 34.9 Å². The highest BCUT2D eigenvalue weighted by Gasteiger charge is 2.08. The maximum absolute atomic E-state index is 11.4. The average molecular weight is 246 g/mol. The van der Waals surface area contributed by atoms with E-state index in [9.17, 15) is 4.79 Å². The highest BCUT2D eigenvalue weighted by atomic mass is 32.2. The molecule has 0 saturated carbocycles. The van der Waals surface area contributed by atoms with Crippen molar-refractivity contribution in [3.63, 3.8) is 0 Å². The van der Waals surface area contributed by atoms with Crippen LogP contribution >= 0.6 is 34.9 Å². The van der Waals surface area contributed by atoms with E-state index in [1.165, 1.54) is 39.4 Å². The molecule has 74 valence electrons. The van der Waals surface area contributed by atoms with Crippen molar-refractivity contribution in [2.24, 2.45) is 0 Å². The van der Waals surface area contributed by atoms with Crippen LogP contribution in [-0.4, -0.2) is 32.1 Å². The van der Waals surface area contributed by atoms with Crippen LogP contribution in [0.4, 0.5) is 0 Å². The van der Waals surface area contributed by atoms with E-state index in [-0.39, 0.29) is 5.69 Å². The summed E-state index contributed by atoms with van der Waals surface area (Å²) in [5.41, 5.74) is -0.365. The fraction of sp³-hybridized carbons (Fsp3) is 0.333. The summed E-state index contributed by atoms with van der Waals surface area (Å²) in [7, 11) is 0. The Morgan fingerprint density at radius 3 is 2.71 bits per heavy atom. The Morgan fingerprint density at radius 1 is 1.29 bits per heavy atom. The van der Waals surface area contributed by atoms with Crippen molar-refractivity contribution in [2.75, 3.05) is 12.5 Å². The van der Waals surface area contributed by atoms with Gasteiger partial charge in [-0.3, -0.25) is 0 Å². The minimum absolute atomic E-state index is 0.365. The highest BCUT2D eigenvalue weighted by molar-refractivity contribution is 8.00. The van der Waals surface area contributed by atoms with Gasteiger partial charge in [-0.05, 0) is 12.5 Å². The fourth-order valence-corrected chi connectivity index (χ4v) is 2.61. The summed E-state index contributed by atoms with van der Waals surface area (Å²) >= 11 is 4.23. The highest BCUT2D eigenvalue weighted by Crippen LogP contribution is 2.20. The van der Waals surface area contributed by atoms with Crippen LogP contribution < -0.4 is 5.69 Å². The van der Waals surface area contributed by atoms with E-state index in [1.54, 1.807) is 0 Å². The van der Waals surface area contributed by atoms with Gasteiger partial charge < -0.3 is 0 Å². The van der Waals surface area contributed by atoms with Gasteiger partial charge in [0.15, 0.2) is 9.50 Å². The molecule has 2 heterocycles. The van der Waals surface area contributed by atoms with Crippen molar-refractivity contribution in [3.8, 4) is 0 Å². The first-order valence-corrected chi connectivity index (χ1v) is 6.87. The molecule has 0 atom stereocenters. The molecule has 0 bridgehead atoms. The first kappa shape index (κ1) is 9.94. The molecule has 8 heteroatoms. The van der Waals surface area contributed by atoms with Crippen molar-refractivity contribution in [3.05, 3.63) is 10.5 Å². The van der Waals surface area contributed by atoms with E-state index in [0.717, 1.165) is 4.34 Å². The summed E-state index contributed by atoms with van der Waals surface area (Å²) in [6.07, 6.45) is 3.74. The van der Waals surface area contributed by atoms with Gasteiger partial charge in [0, 0.05) is 0 Å². The SMILES string of the molecule is CSc1nc(=O)n2nc(SC)sc2n1. The van der Waals surface area contributed by atoms with Crippen LogP contribution in [0.3, 0.4) is 0 Å². The van der Waals surface area contributed by atoms with Crippen molar-refractivity contribution >= 4 is 39.8 Å². The smallest absolute Gasteiger partial charge is 0.243 e. The molecule has 0 aliphatic carbocycles. The van der Waals surface area contributed by atoms with E-state index in [2.05, 4.69) is 15.1 Å². The number of fused-ring (bicyclic) bond motifs is 1. The summed E-state index contributed by atoms with van der Waals surface area (Å²) in [6, 6.07) is 0. The van der Waals surface area contributed by atoms with Gasteiger partial charge in [0.1, 0.15) is 0 Å². The third-order valence-electron chi connectivity index (χ3n) is 1.46. The molecular formula is C6H6N4OS3. The second-order valence-electron chi connectivity index (χ2n) is 2.26. The van der Waals surface area contributed by atoms with E-state index in [1.807, 2.05) is 12.5 Å². The predicted molar refractivity (Wildman–Crippen MR) is 58.5 cm³/mol. The molecule has 2 aromatic heterocycles. The summed E-state index contributed by atoms with van der Waals surface area (Å²) in [5.74, 6) is 0. The van der Waals surface area contributed by atoms with Gasteiger partial charge in [0.2, 0.25) is 4.96 Å². The topological polar surface area (TPSA) is 60.2 Å². The van der Waals surface area contributed by atoms with Crippen LogP contribution in [0.25, 0.3) is 4.96 Å². The van der Waals surface area contributed by atoms with Crippen molar-refractivity contribution in [2.45, 2.75) is 9.50 Å². The third-order valence-corrected chi connectivity index (χ3v) is 3.89. The summed E-state index contributed by atoms with van der Waals surface area (Å²) in [5, 5.41) is 4.55. The molecular weight excluding hydrogens is 240 g/mol. The summed E-state index contributed by atoms with van der Waals surface area (Å²) in [4.78, 5) is 20.0. The Labute approximate surface area is 92.0 Å². The van der Waals surface area contributed by atoms with E-state index >= 15 is 0 Å².